The Morgan fingerprint density at radius 1 is 1.07 bits per heavy atom. The Morgan fingerprint density at radius 3 is 2.45 bits per heavy atom. The van der Waals surface area contributed by atoms with Gasteiger partial charge in [-0.1, -0.05) is 39.5 Å². The average molecular weight is 574 g/mol. The van der Waals surface area contributed by atoms with Crippen LogP contribution >= 0.6 is 0 Å². The van der Waals surface area contributed by atoms with Gasteiger partial charge in [-0.3, -0.25) is 19.5 Å². The van der Waals surface area contributed by atoms with E-state index in [4.69, 9.17) is 4.99 Å². The van der Waals surface area contributed by atoms with Crippen molar-refractivity contribution in [1.29, 1.82) is 0 Å². The van der Waals surface area contributed by atoms with Crippen LogP contribution in [0.3, 0.4) is 0 Å². The number of carbonyl (C=O) groups excluding carboxylic acids is 2. The molecule has 0 aromatic carbocycles. The molecule has 10 heteroatoms. The van der Waals surface area contributed by atoms with E-state index < -0.39 is 20.7 Å². The molecule has 5 aliphatic rings. The molecule has 0 aromatic rings. The summed E-state index contributed by atoms with van der Waals surface area (Å²) >= 11 is 0. The Labute approximate surface area is 240 Å². The van der Waals surface area contributed by atoms with E-state index in [2.05, 4.69) is 25.6 Å². The minimum atomic E-state index is -3.46. The molecule has 5 rings (SSSR count). The summed E-state index contributed by atoms with van der Waals surface area (Å²) < 4.78 is 28.4. The minimum absolute atomic E-state index is 0.0140. The fourth-order valence-electron chi connectivity index (χ4n) is 7.25. The third-order valence-electron chi connectivity index (χ3n) is 10.0. The molecule has 1 spiro atoms. The van der Waals surface area contributed by atoms with Crippen molar-refractivity contribution in [1.82, 2.24) is 14.1 Å². The largest absolute Gasteiger partial charge is 0.341 e. The molecule has 40 heavy (non-hydrogen) atoms. The van der Waals surface area contributed by atoms with Crippen LogP contribution in [0.25, 0.3) is 0 Å². The first-order valence-electron chi connectivity index (χ1n) is 15.6. The van der Waals surface area contributed by atoms with Crippen molar-refractivity contribution in [2.45, 2.75) is 115 Å². The SMILES string of the molecule is C=NC1=C(C=NC2CCN(S(=O)(=O)C3CCN(C(=O)CCCCCC)C3)CC2)C2(CC2)C(=O)N1C1CCCC1C. The van der Waals surface area contributed by atoms with Crippen molar-refractivity contribution in [2.75, 3.05) is 26.2 Å². The zero-order valence-electron chi connectivity index (χ0n) is 24.4. The van der Waals surface area contributed by atoms with E-state index in [0.717, 1.165) is 63.4 Å². The van der Waals surface area contributed by atoms with Crippen LogP contribution < -0.4 is 0 Å². The van der Waals surface area contributed by atoms with Gasteiger partial charge in [0.25, 0.3) is 0 Å². The molecule has 2 saturated heterocycles. The van der Waals surface area contributed by atoms with E-state index in [1.807, 2.05) is 11.1 Å². The van der Waals surface area contributed by atoms with Crippen LogP contribution in [0.2, 0.25) is 0 Å². The summed E-state index contributed by atoms with van der Waals surface area (Å²) in [4.78, 5) is 39.0. The highest BCUT2D eigenvalue weighted by Crippen LogP contribution is 2.59. The monoisotopic (exact) mass is 573 g/mol. The number of rotatable bonds is 11. The van der Waals surface area contributed by atoms with E-state index >= 15 is 0 Å². The molecule has 0 bridgehead atoms. The summed E-state index contributed by atoms with van der Waals surface area (Å²) in [5.41, 5.74) is 0.431. The second-order valence-corrected chi connectivity index (χ2v) is 14.9. The lowest BCUT2D eigenvalue weighted by Gasteiger charge is -2.31. The van der Waals surface area contributed by atoms with Gasteiger partial charge < -0.3 is 4.90 Å². The molecular weight excluding hydrogens is 526 g/mol. The second-order valence-electron chi connectivity index (χ2n) is 12.6. The lowest BCUT2D eigenvalue weighted by Crippen LogP contribution is -2.45. The summed E-state index contributed by atoms with van der Waals surface area (Å²) in [5, 5.41) is -0.512. The Hall–Kier alpha value is -2.07. The highest BCUT2D eigenvalue weighted by Gasteiger charge is 2.62. The Bertz CT molecular complexity index is 1150. The van der Waals surface area contributed by atoms with Gasteiger partial charge in [0.15, 0.2) is 0 Å². The lowest BCUT2D eigenvalue weighted by atomic mass is 9.98. The molecular formula is C30H47N5O4S. The predicted molar refractivity (Wildman–Crippen MR) is 158 cm³/mol. The molecule has 0 radical (unpaired) electrons. The predicted octanol–water partition coefficient (Wildman–Crippen LogP) is 4.15. The number of carbonyl (C=O) groups is 2. The normalized spacial score (nSPS) is 29.4. The van der Waals surface area contributed by atoms with E-state index in [0.29, 0.717) is 63.6 Å². The zero-order chi connectivity index (χ0) is 28.5. The molecule has 0 aromatic heterocycles. The van der Waals surface area contributed by atoms with Crippen LogP contribution in [0, 0.1) is 11.3 Å². The highest BCUT2D eigenvalue weighted by atomic mass is 32.2. The number of sulfonamides is 1. The fraction of sp³-hybridized carbons (Fsp3) is 0.800. The number of unbranched alkanes of at least 4 members (excludes halogenated alkanes) is 3. The van der Waals surface area contributed by atoms with E-state index in [1.54, 1.807) is 9.21 Å². The number of hydrogen-bond acceptors (Lipinski definition) is 6. The molecule has 9 nitrogen and oxygen atoms in total. The van der Waals surface area contributed by atoms with Crippen LogP contribution in [-0.2, 0) is 19.6 Å². The van der Waals surface area contributed by atoms with Crippen molar-refractivity contribution in [3.8, 4) is 0 Å². The fourth-order valence-corrected chi connectivity index (χ4v) is 9.16. The van der Waals surface area contributed by atoms with Gasteiger partial charge in [-0.05, 0) is 64.0 Å². The Balaban J connectivity index is 1.17. The topological polar surface area (TPSA) is 103 Å². The van der Waals surface area contributed by atoms with Crippen molar-refractivity contribution in [3.05, 3.63) is 11.4 Å². The Kier molecular flexibility index (Phi) is 8.86. The summed E-state index contributed by atoms with van der Waals surface area (Å²) in [6, 6.07) is 0.202. The average Bonchev–Trinajstić information content (AvgIpc) is 3.28. The molecule has 2 aliphatic carbocycles. The van der Waals surface area contributed by atoms with Gasteiger partial charge in [0.1, 0.15) is 5.82 Å². The molecule has 2 amide bonds. The maximum Gasteiger partial charge on any atom is 0.239 e. The number of nitrogens with zero attached hydrogens (tertiary/aromatic N) is 5. The molecule has 4 fully saturated rings. The first-order valence-corrected chi connectivity index (χ1v) is 17.1. The first-order chi connectivity index (χ1) is 19.2. The molecule has 3 atom stereocenters. The van der Waals surface area contributed by atoms with Crippen LogP contribution in [0.1, 0.15) is 97.3 Å². The molecule has 0 N–H and O–H groups in total. The summed E-state index contributed by atoms with van der Waals surface area (Å²) in [7, 11) is -3.46. The van der Waals surface area contributed by atoms with Gasteiger partial charge in [-0.15, -0.1) is 0 Å². The van der Waals surface area contributed by atoms with Gasteiger partial charge in [0, 0.05) is 50.4 Å². The van der Waals surface area contributed by atoms with Crippen molar-refractivity contribution in [2.24, 2.45) is 21.3 Å². The van der Waals surface area contributed by atoms with Gasteiger partial charge in [0.2, 0.25) is 21.8 Å². The van der Waals surface area contributed by atoms with Crippen LogP contribution in [0.5, 0.6) is 0 Å². The Morgan fingerprint density at radius 2 is 1.82 bits per heavy atom. The smallest absolute Gasteiger partial charge is 0.239 e. The first kappa shape index (κ1) is 29.4. The van der Waals surface area contributed by atoms with Gasteiger partial charge in [-0.2, -0.15) is 0 Å². The van der Waals surface area contributed by atoms with Gasteiger partial charge in [0.05, 0.1) is 16.7 Å². The van der Waals surface area contributed by atoms with Crippen molar-refractivity contribution < 1.29 is 18.0 Å². The number of hydrogen-bond donors (Lipinski definition) is 0. The van der Waals surface area contributed by atoms with Crippen LogP contribution in [0.15, 0.2) is 21.4 Å². The summed E-state index contributed by atoms with van der Waals surface area (Å²) in [6.07, 6.45) is 13.3. The van der Waals surface area contributed by atoms with Gasteiger partial charge >= 0.3 is 0 Å². The zero-order valence-corrected chi connectivity index (χ0v) is 25.2. The van der Waals surface area contributed by atoms with Crippen LogP contribution in [0.4, 0.5) is 0 Å². The van der Waals surface area contributed by atoms with Gasteiger partial charge in [-0.25, -0.2) is 17.7 Å². The molecule has 222 valence electrons. The molecule has 2 saturated carbocycles. The minimum Gasteiger partial charge on any atom is -0.341 e. The standard InChI is InChI=1S/C30H47N5O4S/c1-4-5-6-7-11-27(36)33-17-14-24(21-33)40(38,39)34-18-12-23(13-19-34)32-20-25-28(31-3)35(26-10-8-9-22(26)2)29(37)30(25)15-16-30/h20,22-24,26H,3-19,21H2,1-2H3. The lowest BCUT2D eigenvalue weighted by molar-refractivity contribution is -0.134. The molecule has 3 heterocycles. The summed E-state index contributed by atoms with van der Waals surface area (Å²) in [6.45, 7) is 9.89. The van der Waals surface area contributed by atoms with E-state index in [-0.39, 0.29) is 23.9 Å². The maximum atomic E-state index is 13.5. The number of amides is 2. The van der Waals surface area contributed by atoms with E-state index in [1.165, 1.54) is 0 Å². The number of piperidine rings is 1. The summed E-state index contributed by atoms with van der Waals surface area (Å²) in [5.74, 6) is 1.40. The van der Waals surface area contributed by atoms with Crippen molar-refractivity contribution >= 4 is 34.8 Å². The molecule has 3 aliphatic heterocycles. The number of likely N-dealkylation sites (tertiary alicyclic amines) is 1. The van der Waals surface area contributed by atoms with Crippen LogP contribution in [-0.4, -0.2) is 90.8 Å². The maximum absolute atomic E-state index is 13.5. The number of aliphatic imine (C=N–C) groups is 2. The highest BCUT2D eigenvalue weighted by molar-refractivity contribution is 7.89. The third-order valence-corrected chi connectivity index (χ3v) is 12.3. The molecule has 3 unspecified atom stereocenters. The second kappa shape index (κ2) is 12.0. The van der Waals surface area contributed by atoms with E-state index in [9.17, 15) is 18.0 Å². The quantitative estimate of drug-likeness (QED) is 0.274. The van der Waals surface area contributed by atoms with Crippen molar-refractivity contribution in [3.63, 3.8) is 0 Å². The third kappa shape index (κ3) is 5.54.